The Morgan fingerprint density at radius 3 is 2.41 bits per heavy atom. The second-order valence-electron chi connectivity index (χ2n) is 4.65. The Bertz CT molecular complexity index is 665. The van der Waals surface area contributed by atoms with E-state index in [0.29, 0.717) is 17.0 Å². The Balaban J connectivity index is 1.89. The predicted molar refractivity (Wildman–Crippen MR) is 83.6 cm³/mol. The lowest BCUT2D eigenvalue weighted by atomic mass is 10.1. The fourth-order valence-electron chi connectivity index (χ4n) is 1.83. The highest BCUT2D eigenvalue weighted by Gasteiger charge is 2.06. The van der Waals surface area contributed by atoms with Crippen LogP contribution in [0, 0.1) is 0 Å². The van der Waals surface area contributed by atoms with Gasteiger partial charge in [0, 0.05) is 11.3 Å². The molecule has 0 aliphatic heterocycles. The Morgan fingerprint density at radius 1 is 1.05 bits per heavy atom. The van der Waals surface area contributed by atoms with E-state index in [1.54, 1.807) is 55.6 Å². The maximum Gasteiger partial charge on any atom is 0.262 e. The molecule has 0 saturated heterocycles. The average molecular weight is 299 g/mol. The number of methoxy groups -OCH3 is 1. The van der Waals surface area contributed by atoms with Crippen LogP contribution >= 0.6 is 0 Å². The van der Waals surface area contributed by atoms with E-state index in [0.717, 1.165) is 5.75 Å². The number of ether oxygens (including phenoxy) is 2. The number of benzene rings is 2. The van der Waals surface area contributed by atoms with Gasteiger partial charge in [-0.15, -0.1) is 0 Å². The molecule has 0 atom stereocenters. The van der Waals surface area contributed by atoms with Crippen molar-refractivity contribution in [2.75, 3.05) is 19.0 Å². The van der Waals surface area contributed by atoms with Crippen molar-refractivity contribution in [1.29, 1.82) is 0 Å². The second-order valence-corrected chi connectivity index (χ2v) is 4.65. The van der Waals surface area contributed by atoms with Crippen LogP contribution in [0.2, 0.25) is 0 Å². The molecule has 0 aliphatic carbocycles. The Morgan fingerprint density at radius 2 is 1.77 bits per heavy atom. The number of carbonyl (C=O) groups excluding carboxylic acids is 2. The van der Waals surface area contributed by atoms with Crippen molar-refractivity contribution in [1.82, 2.24) is 0 Å². The van der Waals surface area contributed by atoms with Crippen molar-refractivity contribution >= 4 is 17.4 Å². The molecular formula is C17H17NO4. The summed E-state index contributed by atoms with van der Waals surface area (Å²) in [5, 5.41) is 2.71. The van der Waals surface area contributed by atoms with Gasteiger partial charge in [-0.05, 0) is 43.3 Å². The molecule has 22 heavy (non-hydrogen) atoms. The number of ketones is 1. The molecule has 0 heterocycles. The van der Waals surface area contributed by atoms with Crippen LogP contribution in [0.5, 0.6) is 11.5 Å². The quantitative estimate of drug-likeness (QED) is 0.833. The molecule has 114 valence electrons. The summed E-state index contributed by atoms with van der Waals surface area (Å²) in [6.07, 6.45) is 0. The van der Waals surface area contributed by atoms with Crippen LogP contribution in [-0.2, 0) is 4.79 Å². The summed E-state index contributed by atoms with van der Waals surface area (Å²) in [5.74, 6) is 0.874. The zero-order chi connectivity index (χ0) is 15.9. The van der Waals surface area contributed by atoms with Gasteiger partial charge in [-0.2, -0.15) is 0 Å². The summed E-state index contributed by atoms with van der Waals surface area (Å²) in [6.45, 7) is 1.35. The number of carbonyl (C=O) groups is 2. The molecule has 0 aliphatic rings. The lowest BCUT2D eigenvalue weighted by Gasteiger charge is -2.08. The minimum atomic E-state index is -0.279. The molecule has 1 amide bonds. The summed E-state index contributed by atoms with van der Waals surface area (Å²) in [6, 6.07) is 13.7. The molecule has 0 fully saturated rings. The molecule has 0 spiro atoms. The number of anilines is 1. The van der Waals surface area contributed by atoms with Crippen molar-refractivity contribution in [2.24, 2.45) is 0 Å². The smallest absolute Gasteiger partial charge is 0.262 e. The summed E-state index contributed by atoms with van der Waals surface area (Å²) in [4.78, 5) is 23.1. The van der Waals surface area contributed by atoms with Crippen LogP contribution in [0.1, 0.15) is 17.3 Å². The molecule has 0 aromatic heterocycles. The van der Waals surface area contributed by atoms with Gasteiger partial charge in [-0.3, -0.25) is 9.59 Å². The molecule has 5 nitrogen and oxygen atoms in total. The molecule has 0 radical (unpaired) electrons. The topological polar surface area (TPSA) is 64.6 Å². The maximum atomic E-state index is 11.8. The first-order chi connectivity index (χ1) is 10.6. The van der Waals surface area contributed by atoms with E-state index in [-0.39, 0.29) is 18.3 Å². The standard InChI is InChI=1S/C17H17NO4/c1-12(19)13-4-3-5-16(10-13)22-11-17(20)18-14-6-8-15(21-2)9-7-14/h3-10H,11H2,1-2H3,(H,18,20). The van der Waals surface area contributed by atoms with Crippen molar-refractivity contribution in [3.8, 4) is 11.5 Å². The number of amides is 1. The van der Waals surface area contributed by atoms with Crippen LogP contribution in [0.15, 0.2) is 48.5 Å². The van der Waals surface area contributed by atoms with Gasteiger partial charge in [-0.1, -0.05) is 12.1 Å². The highest BCUT2D eigenvalue weighted by atomic mass is 16.5. The van der Waals surface area contributed by atoms with Gasteiger partial charge >= 0.3 is 0 Å². The van der Waals surface area contributed by atoms with E-state index < -0.39 is 0 Å². The Labute approximate surface area is 128 Å². The molecule has 2 aromatic carbocycles. The highest BCUT2D eigenvalue weighted by Crippen LogP contribution is 2.16. The maximum absolute atomic E-state index is 11.8. The predicted octanol–water partition coefficient (Wildman–Crippen LogP) is 2.92. The summed E-state index contributed by atoms with van der Waals surface area (Å²) in [7, 11) is 1.58. The Kier molecular flexibility index (Phi) is 5.14. The zero-order valence-electron chi connectivity index (χ0n) is 12.5. The van der Waals surface area contributed by atoms with Crippen LogP contribution in [0.3, 0.4) is 0 Å². The van der Waals surface area contributed by atoms with Crippen LogP contribution in [-0.4, -0.2) is 25.4 Å². The van der Waals surface area contributed by atoms with Crippen molar-refractivity contribution in [3.05, 3.63) is 54.1 Å². The van der Waals surface area contributed by atoms with E-state index >= 15 is 0 Å². The van der Waals surface area contributed by atoms with Crippen LogP contribution in [0.25, 0.3) is 0 Å². The third-order valence-corrected chi connectivity index (χ3v) is 2.98. The fourth-order valence-corrected chi connectivity index (χ4v) is 1.83. The van der Waals surface area contributed by atoms with E-state index in [2.05, 4.69) is 5.32 Å². The van der Waals surface area contributed by atoms with E-state index in [1.807, 2.05) is 0 Å². The van der Waals surface area contributed by atoms with Gasteiger partial charge in [0.2, 0.25) is 0 Å². The minimum Gasteiger partial charge on any atom is -0.497 e. The largest absolute Gasteiger partial charge is 0.497 e. The molecule has 0 bridgehead atoms. The first-order valence-corrected chi connectivity index (χ1v) is 6.76. The van der Waals surface area contributed by atoms with Gasteiger partial charge in [0.25, 0.3) is 5.91 Å². The number of Topliss-reactive ketones (excluding diaryl/α,β-unsaturated/α-hetero) is 1. The summed E-state index contributed by atoms with van der Waals surface area (Å²) >= 11 is 0. The van der Waals surface area contributed by atoms with Crippen molar-refractivity contribution < 1.29 is 19.1 Å². The van der Waals surface area contributed by atoms with E-state index in [4.69, 9.17) is 9.47 Å². The lowest BCUT2D eigenvalue weighted by Crippen LogP contribution is -2.20. The average Bonchev–Trinajstić information content (AvgIpc) is 2.54. The number of hydrogen-bond donors (Lipinski definition) is 1. The van der Waals surface area contributed by atoms with E-state index in [9.17, 15) is 9.59 Å². The monoisotopic (exact) mass is 299 g/mol. The molecule has 5 heteroatoms. The molecule has 0 saturated carbocycles. The number of rotatable bonds is 6. The Hall–Kier alpha value is -2.82. The van der Waals surface area contributed by atoms with Gasteiger partial charge in [0.15, 0.2) is 12.4 Å². The SMILES string of the molecule is COc1ccc(NC(=O)COc2cccc(C(C)=O)c2)cc1. The van der Waals surface area contributed by atoms with E-state index in [1.165, 1.54) is 6.92 Å². The third-order valence-electron chi connectivity index (χ3n) is 2.98. The third kappa shape index (κ3) is 4.34. The molecular weight excluding hydrogens is 282 g/mol. The zero-order valence-corrected chi connectivity index (χ0v) is 12.5. The van der Waals surface area contributed by atoms with Gasteiger partial charge in [0.05, 0.1) is 7.11 Å². The van der Waals surface area contributed by atoms with Crippen LogP contribution < -0.4 is 14.8 Å². The summed E-state index contributed by atoms with van der Waals surface area (Å²) < 4.78 is 10.4. The minimum absolute atomic E-state index is 0.0480. The molecule has 2 rings (SSSR count). The lowest BCUT2D eigenvalue weighted by molar-refractivity contribution is -0.118. The van der Waals surface area contributed by atoms with Gasteiger partial charge in [-0.25, -0.2) is 0 Å². The van der Waals surface area contributed by atoms with Crippen molar-refractivity contribution in [3.63, 3.8) is 0 Å². The molecule has 1 N–H and O–H groups in total. The first-order valence-electron chi connectivity index (χ1n) is 6.76. The normalized spacial score (nSPS) is 9.91. The summed E-state index contributed by atoms with van der Waals surface area (Å²) in [5.41, 5.74) is 1.21. The molecule has 2 aromatic rings. The van der Waals surface area contributed by atoms with Crippen molar-refractivity contribution in [2.45, 2.75) is 6.92 Å². The number of nitrogens with one attached hydrogen (secondary N) is 1. The molecule has 0 unspecified atom stereocenters. The first kappa shape index (κ1) is 15.6. The second kappa shape index (κ2) is 7.26. The fraction of sp³-hybridized carbons (Fsp3) is 0.176. The van der Waals surface area contributed by atoms with Gasteiger partial charge < -0.3 is 14.8 Å². The van der Waals surface area contributed by atoms with Gasteiger partial charge in [0.1, 0.15) is 11.5 Å². The van der Waals surface area contributed by atoms with Crippen LogP contribution in [0.4, 0.5) is 5.69 Å². The highest BCUT2D eigenvalue weighted by molar-refractivity contribution is 5.94. The number of hydrogen-bond acceptors (Lipinski definition) is 4.